The second-order valence-corrected chi connectivity index (χ2v) is 4.53. The molecule has 0 radical (unpaired) electrons. The highest BCUT2D eigenvalue weighted by molar-refractivity contribution is 9.10. The van der Waals surface area contributed by atoms with Crippen LogP contribution in [0.5, 0.6) is 0 Å². The largest absolute Gasteiger partial charge is 0.347 e. The number of imidazole rings is 1. The molecule has 1 heterocycles. The Morgan fingerprint density at radius 1 is 1.33 bits per heavy atom. The first-order valence-corrected chi connectivity index (χ1v) is 5.70. The number of benzene rings is 1. The first-order chi connectivity index (χ1) is 7.16. The third kappa shape index (κ3) is 2.29. The Bertz CT molecular complexity index is 474. The van der Waals surface area contributed by atoms with Gasteiger partial charge in [-0.2, -0.15) is 0 Å². The first-order valence-electron chi connectivity index (χ1n) is 4.90. The standard InChI is InChI=1S/C12H13BrN2/c1-8-3-4-9(2)10(5-8)6-11-12(13)15-7-14-11/h3-5,7H,6H2,1-2H3,(H,14,15). The summed E-state index contributed by atoms with van der Waals surface area (Å²) in [5.74, 6) is 0. The molecule has 1 aromatic heterocycles. The molecular formula is C12H13BrN2. The van der Waals surface area contributed by atoms with Crippen molar-refractivity contribution in [3.05, 3.63) is 51.5 Å². The van der Waals surface area contributed by atoms with Gasteiger partial charge in [0.05, 0.1) is 12.0 Å². The number of hydrogen-bond donors (Lipinski definition) is 1. The number of aromatic nitrogens is 2. The molecule has 1 N–H and O–H groups in total. The summed E-state index contributed by atoms with van der Waals surface area (Å²) in [6.07, 6.45) is 2.61. The Hall–Kier alpha value is -1.09. The summed E-state index contributed by atoms with van der Waals surface area (Å²) < 4.78 is 0.906. The second kappa shape index (κ2) is 4.19. The number of aryl methyl sites for hydroxylation is 2. The molecule has 0 atom stereocenters. The highest BCUT2D eigenvalue weighted by Crippen LogP contribution is 2.18. The normalized spacial score (nSPS) is 10.6. The number of hydrogen-bond acceptors (Lipinski definition) is 1. The summed E-state index contributed by atoms with van der Waals surface area (Å²) in [6.45, 7) is 4.25. The highest BCUT2D eigenvalue weighted by Gasteiger charge is 2.05. The predicted octanol–water partition coefficient (Wildman–Crippen LogP) is 3.38. The van der Waals surface area contributed by atoms with Gasteiger partial charge in [0.15, 0.2) is 0 Å². The molecule has 0 fully saturated rings. The lowest BCUT2D eigenvalue weighted by Crippen LogP contribution is -1.93. The van der Waals surface area contributed by atoms with Crippen molar-refractivity contribution in [1.82, 2.24) is 9.97 Å². The van der Waals surface area contributed by atoms with Crippen LogP contribution in [0.1, 0.15) is 22.4 Å². The lowest BCUT2D eigenvalue weighted by atomic mass is 10.0. The van der Waals surface area contributed by atoms with Gasteiger partial charge in [0.1, 0.15) is 4.60 Å². The van der Waals surface area contributed by atoms with Crippen LogP contribution in [0.2, 0.25) is 0 Å². The number of H-pyrrole nitrogens is 1. The molecule has 0 amide bonds. The Morgan fingerprint density at radius 2 is 2.13 bits per heavy atom. The zero-order chi connectivity index (χ0) is 10.8. The number of nitrogens with zero attached hydrogens (tertiary/aromatic N) is 1. The van der Waals surface area contributed by atoms with E-state index in [4.69, 9.17) is 0 Å². The Kier molecular flexibility index (Phi) is 2.91. The second-order valence-electron chi connectivity index (χ2n) is 3.78. The summed E-state index contributed by atoms with van der Waals surface area (Å²) in [7, 11) is 0. The summed E-state index contributed by atoms with van der Waals surface area (Å²) in [5, 5.41) is 0. The Labute approximate surface area is 97.9 Å². The van der Waals surface area contributed by atoms with Crippen molar-refractivity contribution < 1.29 is 0 Å². The summed E-state index contributed by atoms with van der Waals surface area (Å²) in [5.41, 5.74) is 5.09. The van der Waals surface area contributed by atoms with Gasteiger partial charge in [-0.15, -0.1) is 0 Å². The van der Waals surface area contributed by atoms with Crippen molar-refractivity contribution in [2.75, 3.05) is 0 Å². The number of aromatic amines is 1. The van der Waals surface area contributed by atoms with E-state index >= 15 is 0 Å². The van der Waals surface area contributed by atoms with Crippen LogP contribution in [0.3, 0.4) is 0 Å². The van der Waals surface area contributed by atoms with Gasteiger partial charge >= 0.3 is 0 Å². The Balaban J connectivity index is 2.32. The molecule has 15 heavy (non-hydrogen) atoms. The Morgan fingerprint density at radius 3 is 2.80 bits per heavy atom. The van der Waals surface area contributed by atoms with Crippen LogP contribution in [0.4, 0.5) is 0 Å². The van der Waals surface area contributed by atoms with Crippen molar-refractivity contribution >= 4 is 15.9 Å². The van der Waals surface area contributed by atoms with Gasteiger partial charge < -0.3 is 4.98 Å². The lowest BCUT2D eigenvalue weighted by Gasteiger charge is -2.05. The van der Waals surface area contributed by atoms with E-state index in [2.05, 4.69) is 57.9 Å². The molecular weight excluding hydrogens is 252 g/mol. The van der Waals surface area contributed by atoms with E-state index in [0.29, 0.717) is 0 Å². The van der Waals surface area contributed by atoms with Gasteiger partial charge in [0, 0.05) is 6.42 Å². The van der Waals surface area contributed by atoms with E-state index in [9.17, 15) is 0 Å². The SMILES string of the molecule is Cc1ccc(C)c(Cc2[nH]cnc2Br)c1. The van der Waals surface area contributed by atoms with Gasteiger partial charge in [-0.25, -0.2) is 4.98 Å². The van der Waals surface area contributed by atoms with E-state index in [-0.39, 0.29) is 0 Å². The third-order valence-corrected chi connectivity index (χ3v) is 3.22. The van der Waals surface area contributed by atoms with E-state index < -0.39 is 0 Å². The highest BCUT2D eigenvalue weighted by atomic mass is 79.9. The third-order valence-electron chi connectivity index (χ3n) is 2.54. The summed E-state index contributed by atoms with van der Waals surface area (Å²) >= 11 is 3.42. The minimum atomic E-state index is 0.897. The van der Waals surface area contributed by atoms with E-state index in [1.54, 1.807) is 6.33 Å². The fourth-order valence-corrected chi connectivity index (χ4v) is 1.97. The van der Waals surface area contributed by atoms with Crippen LogP contribution in [0, 0.1) is 13.8 Å². The lowest BCUT2D eigenvalue weighted by molar-refractivity contribution is 1.07. The molecule has 2 nitrogen and oxygen atoms in total. The zero-order valence-corrected chi connectivity index (χ0v) is 10.4. The number of rotatable bonds is 2. The molecule has 0 saturated carbocycles. The van der Waals surface area contributed by atoms with E-state index in [1.165, 1.54) is 16.7 Å². The zero-order valence-electron chi connectivity index (χ0n) is 8.84. The smallest absolute Gasteiger partial charge is 0.127 e. The van der Waals surface area contributed by atoms with Gasteiger partial charge in [-0.05, 0) is 40.9 Å². The monoisotopic (exact) mass is 264 g/mol. The molecule has 0 unspecified atom stereocenters. The molecule has 0 spiro atoms. The molecule has 2 rings (SSSR count). The first kappa shape index (κ1) is 10.4. The van der Waals surface area contributed by atoms with Crippen molar-refractivity contribution in [2.45, 2.75) is 20.3 Å². The predicted molar refractivity (Wildman–Crippen MR) is 65.0 cm³/mol. The fraction of sp³-hybridized carbons (Fsp3) is 0.250. The van der Waals surface area contributed by atoms with Crippen LogP contribution in [0.25, 0.3) is 0 Å². The molecule has 0 bridgehead atoms. The summed E-state index contributed by atoms with van der Waals surface area (Å²) in [6, 6.07) is 6.53. The van der Waals surface area contributed by atoms with E-state index in [1.807, 2.05) is 0 Å². The molecule has 0 aliphatic heterocycles. The topological polar surface area (TPSA) is 28.7 Å². The average Bonchev–Trinajstić information content (AvgIpc) is 2.58. The van der Waals surface area contributed by atoms with Crippen LogP contribution in [0.15, 0.2) is 29.1 Å². The minimum absolute atomic E-state index is 0.897. The minimum Gasteiger partial charge on any atom is -0.347 e. The molecule has 0 saturated heterocycles. The van der Waals surface area contributed by atoms with E-state index in [0.717, 1.165) is 16.7 Å². The maximum absolute atomic E-state index is 4.13. The van der Waals surface area contributed by atoms with Crippen molar-refractivity contribution in [3.8, 4) is 0 Å². The van der Waals surface area contributed by atoms with Crippen LogP contribution < -0.4 is 0 Å². The molecule has 78 valence electrons. The molecule has 3 heteroatoms. The van der Waals surface area contributed by atoms with Crippen LogP contribution in [-0.2, 0) is 6.42 Å². The van der Waals surface area contributed by atoms with Crippen LogP contribution >= 0.6 is 15.9 Å². The van der Waals surface area contributed by atoms with Crippen LogP contribution in [-0.4, -0.2) is 9.97 Å². The van der Waals surface area contributed by atoms with Crippen molar-refractivity contribution in [1.29, 1.82) is 0 Å². The van der Waals surface area contributed by atoms with Crippen molar-refractivity contribution in [2.24, 2.45) is 0 Å². The number of nitrogens with one attached hydrogen (secondary N) is 1. The maximum Gasteiger partial charge on any atom is 0.127 e. The van der Waals surface area contributed by atoms with Gasteiger partial charge in [0.2, 0.25) is 0 Å². The average molecular weight is 265 g/mol. The maximum atomic E-state index is 4.13. The van der Waals surface area contributed by atoms with Gasteiger partial charge in [0.25, 0.3) is 0 Å². The van der Waals surface area contributed by atoms with Crippen molar-refractivity contribution in [3.63, 3.8) is 0 Å². The molecule has 2 aromatic rings. The molecule has 0 aliphatic carbocycles. The quantitative estimate of drug-likeness (QED) is 0.885. The molecule has 0 aliphatic rings. The molecule has 1 aromatic carbocycles. The number of halogens is 1. The fourth-order valence-electron chi connectivity index (χ4n) is 1.61. The van der Waals surface area contributed by atoms with Gasteiger partial charge in [-0.1, -0.05) is 23.8 Å². The summed E-state index contributed by atoms with van der Waals surface area (Å²) in [4.78, 5) is 7.27. The van der Waals surface area contributed by atoms with Gasteiger partial charge in [-0.3, -0.25) is 0 Å².